The molecule has 2 aromatic heterocycles. The molecule has 0 saturated carbocycles. The zero-order chi connectivity index (χ0) is 26.3. The first-order chi connectivity index (χ1) is 17.7. The monoisotopic (exact) mass is 525 g/mol. The molecule has 194 valence electrons. The van der Waals surface area contributed by atoms with E-state index < -0.39 is 17.3 Å². The molecule has 8 nitrogen and oxygen atoms in total. The molecule has 2 aliphatic heterocycles. The van der Waals surface area contributed by atoms with Gasteiger partial charge in [-0.2, -0.15) is 5.10 Å². The third-order valence-electron chi connectivity index (χ3n) is 7.87. The van der Waals surface area contributed by atoms with Crippen molar-refractivity contribution in [3.63, 3.8) is 0 Å². The fourth-order valence-electron chi connectivity index (χ4n) is 5.86. The van der Waals surface area contributed by atoms with Gasteiger partial charge in [-0.1, -0.05) is 37.6 Å². The van der Waals surface area contributed by atoms with Crippen LogP contribution in [0.3, 0.4) is 0 Å². The first kappa shape index (κ1) is 25.4. The molecule has 5 atom stereocenters. The summed E-state index contributed by atoms with van der Waals surface area (Å²) in [7, 11) is 0. The summed E-state index contributed by atoms with van der Waals surface area (Å²) in [5.74, 6) is -1.11. The Bertz CT molecular complexity index is 1300. The highest BCUT2D eigenvalue weighted by Crippen LogP contribution is 2.43. The highest BCUT2D eigenvalue weighted by atomic mass is 35.5. The number of piperidine rings is 1. The van der Waals surface area contributed by atoms with Crippen molar-refractivity contribution < 1.29 is 14.3 Å². The number of carbonyl (C=O) groups excluding carboxylic acids is 1. The van der Waals surface area contributed by atoms with Crippen molar-refractivity contribution in [1.82, 2.24) is 20.1 Å². The summed E-state index contributed by atoms with van der Waals surface area (Å²) in [6.45, 7) is 5.51. The fraction of sp³-hybridized carbons (Fsp3) is 0.407. The molecular formula is C27H29ClFN5O3. The molecule has 3 aromatic rings. The van der Waals surface area contributed by atoms with Gasteiger partial charge in [-0.25, -0.2) is 9.49 Å². The van der Waals surface area contributed by atoms with Crippen LogP contribution in [-0.4, -0.2) is 57.3 Å². The van der Waals surface area contributed by atoms with E-state index in [2.05, 4.69) is 15.2 Å². The SMILES string of the molecule is C[C@@H]1CN(C(=O)[C@@H]2CN(c3ccc(=O)[nH]n3)C[C@@H]2c2ccc(F)cn2)C[C@H](C)C1(O)c1ccc(Cl)cc1. The first-order valence-corrected chi connectivity index (χ1v) is 12.7. The van der Waals surface area contributed by atoms with Crippen molar-refractivity contribution in [1.29, 1.82) is 0 Å². The minimum Gasteiger partial charge on any atom is -0.384 e. The summed E-state index contributed by atoms with van der Waals surface area (Å²) in [5, 5.41) is 18.9. The minimum absolute atomic E-state index is 0.0418. The number of nitrogens with one attached hydrogen (secondary N) is 1. The fourth-order valence-corrected chi connectivity index (χ4v) is 5.99. The number of hydrogen-bond acceptors (Lipinski definition) is 6. The molecule has 1 unspecified atom stereocenters. The van der Waals surface area contributed by atoms with Crippen LogP contribution in [0.15, 0.2) is 59.5 Å². The molecule has 10 heteroatoms. The van der Waals surface area contributed by atoms with Crippen molar-refractivity contribution in [3.05, 3.63) is 87.2 Å². The zero-order valence-electron chi connectivity index (χ0n) is 20.6. The Hall–Kier alpha value is -3.30. The number of anilines is 1. The smallest absolute Gasteiger partial charge is 0.264 e. The first-order valence-electron chi connectivity index (χ1n) is 12.4. The molecule has 0 aliphatic carbocycles. The van der Waals surface area contributed by atoms with E-state index in [0.717, 1.165) is 11.8 Å². The van der Waals surface area contributed by atoms with Crippen LogP contribution < -0.4 is 10.5 Å². The van der Waals surface area contributed by atoms with Gasteiger partial charge in [0, 0.05) is 60.7 Å². The van der Waals surface area contributed by atoms with E-state index in [1.807, 2.05) is 35.8 Å². The number of halogens is 2. The highest BCUT2D eigenvalue weighted by Gasteiger charge is 2.49. The number of nitrogens with zero attached hydrogens (tertiary/aromatic N) is 4. The average Bonchev–Trinajstić information content (AvgIpc) is 3.33. The molecule has 0 radical (unpaired) electrons. The Labute approximate surface area is 219 Å². The van der Waals surface area contributed by atoms with Crippen LogP contribution in [-0.2, 0) is 10.4 Å². The third kappa shape index (κ3) is 4.73. The molecule has 1 amide bonds. The number of benzene rings is 1. The molecule has 2 N–H and O–H groups in total. The van der Waals surface area contributed by atoms with Crippen LogP contribution in [0.25, 0.3) is 0 Å². The van der Waals surface area contributed by atoms with Crippen LogP contribution in [0.2, 0.25) is 5.02 Å². The molecule has 0 bridgehead atoms. The normalized spacial score (nSPS) is 27.9. The predicted octanol–water partition coefficient (Wildman–Crippen LogP) is 3.18. The summed E-state index contributed by atoms with van der Waals surface area (Å²) in [4.78, 5) is 33.5. The van der Waals surface area contributed by atoms with Gasteiger partial charge in [0.1, 0.15) is 11.6 Å². The maximum atomic E-state index is 14.0. The molecule has 0 spiro atoms. The Kier molecular flexibility index (Phi) is 6.76. The van der Waals surface area contributed by atoms with E-state index >= 15 is 0 Å². The summed E-state index contributed by atoms with van der Waals surface area (Å²) < 4.78 is 13.6. The van der Waals surface area contributed by atoms with Gasteiger partial charge in [0.25, 0.3) is 5.56 Å². The molecule has 4 heterocycles. The van der Waals surface area contributed by atoms with Gasteiger partial charge in [-0.15, -0.1) is 0 Å². The number of aromatic nitrogens is 3. The van der Waals surface area contributed by atoms with Crippen molar-refractivity contribution in [3.8, 4) is 0 Å². The summed E-state index contributed by atoms with van der Waals surface area (Å²) in [6.07, 6.45) is 1.16. The Morgan fingerprint density at radius 2 is 1.76 bits per heavy atom. The maximum absolute atomic E-state index is 14.0. The number of aromatic amines is 1. The number of likely N-dealkylation sites (tertiary alicyclic amines) is 1. The quantitative estimate of drug-likeness (QED) is 0.542. The lowest BCUT2D eigenvalue weighted by Gasteiger charge is -2.48. The van der Waals surface area contributed by atoms with Gasteiger partial charge in [0.2, 0.25) is 5.91 Å². The molecule has 37 heavy (non-hydrogen) atoms. The van der Waals surface area contributed by atoms with Gasteiger partial charge < -0.3 is 14.9 Å². The maximum Gasteiger partial charge on any atom is 0.264 e. The van der Waals surface area contributed by atoms with Crippen molar-refractivity contribution >= 4 is 23.3 Å². The third-order valence-corrected chi connectivity index (χ3v) is 8.12. The van der Waals surface area contributed by atoms with E-state index in [1.54, 1.807) is 24.3 Å². The Morgan fingerprint density at radius 3 is 2.35 bits per heavy atom. The molecular weight excluding hydrogens is 497 g/mol. The van der Waals surface area contributed by atoms with Crippen molar-refractivity contribution in [2.45, 2.75) is 25.4 Å². The number of hydrogen-bond donors (Lipinski definition) is 2. The average molecular weight is 526 g/mol. The van der Waals surface area contributed by atoms with Gasteiger partial charge in [-0.05, 0) is 35.9 Å². The second-order valence-electron chi connectivity index (χ2n) is 10.2. The Morgan fingerprint density at radius 1 is 1.05 bits per heavy atom. The Balaban J connectivity index is 1.41. The van der Waals surface area contributed by atoms with Gasteiger partial charge >= 0.3 is 0 Å². The summed E-state index contributed by atoms with van der Waals surface area (Å²) in [5.41, 5.74) is 0.00805. The van der Waals surface area contributed by atoms with Crippen LogP contribution in [0.4, 0.5) is 10.2 Å². The number of aliphatic hydroxyl groups is 1. The number of amides is 1. The molecule has 2 aliphatic rings. The second kappa shape index (κ2) is 9.87. The predicted molar refractivity (Wildman–Crippen MR) is 138 cm³/mol. The van der Waals surface area contributed by atoms with E-state index in [0.29, 0.717) is 42.7 Å². The topological polar surface area (TPSA) is 102 Å². The van der Waals surface area contributed by atoms with E-state index in [4.69, 9.17) is 11.6 Å². The standard InChI is InChI=1S/C27H29ClFN5O3/c1-16-12-34(13-17(2)27(16,37)18-3-5-19(28)6-4-18)26(36)22-15-33(24-9-10-25(35)32-31-24)14-21(22)23-8-7-20(29)11-30-23/h3-11,16-17,21-22,37H,12-15H2,1-2H3,(H,32,35)/t16-,17+,21-,22+,27?/m0/s1. The van der Waals surface area contributed by atoms with Gasteiger partial charge in [-0.3, -0.25) is 14.6 Å². The van der Waals surface area contributed by atoms with Crippen LogP contribution in [0.1, 0.15) is 31.0 Å². The minimum atomic E-state index is -1.10. The van der Waals surface area contributed by atoms with Crippen LogP contribution in [0, 0.1) is 23.6 Å². The molecule has 5 rings (SSSR count). The number of carbonyl (C=O) groups is 1. The lowest BCUT2D eigenvalue weighted by Crippen LogP contribution is -2.57. The second-order valence-corrected chi connectivity index (χ2v) is 10.6. The van der Waals surface area contributed by atoms with Crippen molar-refractivity contribution in [2.75, 3.05) is 31.1 Å². The number of rotatable bonds is 4. The van der Waals surface area contributed by atoms with Gasteiger partial charge in [0.15, 0.2) is 0 Å². The molecule has 2 fully saturated rings. The van der Waals surface area contributed by atoms with Crippen LogP contribution in [0.5, 0.6) is 0 Å². The summed E-state index contributed by atoms with van der Waals surface area (Å²) >= 11 is 6.06. The highest BCUT2D eigenvalue weighted by molar-refractivity contribution is 6.30. The van der Waals surface area contributed by atoms with Gasteiger partial charge in [0.05, 0.1) is 17.7 Å². The van der Waals surface area contributed by atoms with E-state index in [-0.39, 0.29) is 29.2 Å². The molecule has 2 saturated heterocycles. The lowest BCUT2D eigenvalue weighted by molar-refractivity contribution is -0.152. The number of H-pyrrole nitrogens is 1. The molecule has 1 aromatic carbocycles. The summed E-state index contributed by atoms with van der Waals surface area (Å²) in [6, 6.07) is 13.2. The van der Waals surface area contributed by atoms with Crippen LogP contribution >= 0.6 is 11.6 Å². The largest absolute Gasteiger partial charge is 0.384 e. The number of pyridine rings is 1. The van der Waals surface area contributed by atoms with Crippen molar-refractivity contribution in [2.24, 2.45) is 17.8 Å². The van der Waals surface area contributed by atoms with E-state index in [1.165, 1.54) is 12.1 Å². The van der Waals surface area contributed by atoms with E-state index in [9.17, 15) is 19.1 Å². The lowest BCUT2D eigenvalue weighted by atomic mass is 9.70. The zero-order valence-corrected chi connectivity index (χ0v) is 21.4.